The van der Waals surface area contributed by atoms with E-state index in [2.05, 4.69) is 50.7 Å². The lowest BCUT2D eigenvalue weighted by Gasteiger charge is -2.21. The van der Waals surface area contributed by atoms with E-state index in [1.165, 1.54) is 34.7 Å². The fourth-order valence-corrected chi connectivity index (χ4v) is 4.37. The Hall–Kier alpha value is -3.21. The standard InChI is InChI=1S/C21H17N5/c1-2-4-15-14(3-1)20-16-11-23-25-17(16)7-8-18(20)24-21(15)12-5-6-13-10-22-26-19(13)9-12/h5-11H,1-4H2,(H,22,26)(H,23,25). The number of H-pyrrole nitrogens is 2. The van der Waals surface area contributed by atoms with Gasteiger partial charge in [0.15, 0.2) is 0 Å². The number of aryl methyl sites for hydroxylation is 1. The van der Waals surface area contributed by atoms with Crippen molar-refractivity contribution in [1.82, 2.24) is 25.4 Å². The molecule has 0 radical (unpaired) electrons. The molecule has 5 nitrogen and oxygen atoms in total. The third kappa shape index (κ3) is 1.88. The average Bonchev–Trinajstić information content (AvgIpc) is 3.35. The molecule has 5 aromatic rings. The molecule has 0 amide bonds. The minimum Gasteiger partial charge on any atom is -0.278 e. The van der Waals surface area contributed by atoms with Crippen LogP contribution in [0.3, 0.4) is 0 Å². The number of aromatic nitrogens is 5. The Morgan fingerprint density at radius 2 is 1.65 bits per heavy atom. The van der Waals surface area contributed by atoms with E-state index < -0.39 is 0 Å². The number of benzene rings is 2. The highest BCUT2D eigenvalue weighted by Crippen LogP contribution is 2.38. The Balaban J connectivity index is 1.71. The number of hydrogen-bond acceptors (Lipinski definition) is 3. The molecule has 3 heterocycles. The van der Waals surface area contributed by atoms with Gasteiger partial charge in [-0.25, -0.2) is 4.98 Å². The van der Waals surface area contributed by atoms with Crippen LogP contribution in [0.1, 0.15) is 24.0 Å². The number of pyridine rings is 1. The van der Waals surface area contributed by atoms with Crippen molar-refractivity contribution < 1.29 is 0 Å². The summed E-state index contributed by atoms with van der Waals surface area (Å²) in [6.45, 7) is 0. The van der Waals surface area contributed by atoms with E-state index in [4.69, 9.17) is 4.98 Å². The van der Waals surface area contributed by atoms with Crippen LogP contribution in [0.2, 0.25) is 0 Å². The van der Waals surface area contributed by atoms with E-state index >= 15 is 0 Å². The second kappa shape index (κ2) is 5.14. The van der Waals surface area contributed by atoms with Gasteiger partial charge in [-0.05, 0) is 55.0 Å². The Labute approximate surface area is 149 Å². The zero-order valence-electron chi connectivity index (χ0n) is 14.2. The Bertz CT molecular complexity index is 1290. The molecule has 2 aromatic carbocycles. The fourth-order valence-electron chi connectivity index (χ4n) is 4.37. The van der Waals surface area contributed by atoms with E-state index in [1.54, 1.807) is 0 Å². The Morgan fingerprint density at radius 3 is 2.62 bits per heavy atom. The molecule has 1 aliphatic rings. The second-order valence-corrected chi connectivity index (χ2v) is 7.09. The van der Waals surface area contributed by atoms with E-state index in [9.17, 15) is 0 Å². The molecule has 0 aliphatic heterocycles. The van der Waals surface area contributed by atoms with Gasteiger partial charge in [0.25, 0.3) is 0 Å². The van der Waals surface area contributed by atoms with Gasteiger partial charge in [-0.15, -0.1) is 0 Å². The molecule has 2 N–H and O–H groups in total. The number of aromatic amines is 2. The summed E-state index contributed by atoms with van der Waals surface area (Å²) in [6.07, 6.45) is 8.45. The monoisotopic (exact) mass is 339 g/mol. The summed E-state index contributed by atoms with van der Waals surface area (Å²) in [5.41, 5.74) is 8.32. The summed E-state index contributed by atoms with van der Waals surface area (Å²) in [4.78, 5) is 5.10. The topological polar surface area (TPSA) is 70.2 Å². The first-order chi connectivity index (χ1) is 12.9. The zero-order chi connectivity index (χ0) is 17.1. The summed E-state index contributed by atoms with van der Waals surface area (Å²) in [5.74, 6) is 0. The largest absolute Gasteiger partial charge is 0.278 e. The molecule has 0 unspecified atom stereocenters. The van der Waals surface area contributed by atoms with E-state index in [1.807, 2.05) is 12.4 Å². The number of nitrogens with zero attached hydrogens (tertiary/aromatic N) is 3. The molecule has 3 aromatic heterocycles. The summed E-state index contributed by atoms with van der Waals surface area (Å²) >= 11 is 0. The summed E-state index contributed by atoms with van der Waals surface area (Å²) in [5, 5.41) is 18.1. The third-order valence-corrected chi connectivity index (χ3v) is 5.61. The number of hydrogen-bond donors (Lipinski definition) is 2. The molecule has 126 valence electrons. The van der Waals surface area contributed by atoms with Gasteiger partial charge in [-0.2, -0.15) is 10.2 Å². The van der Waals surface area contributed by atoms with Gasteiger partial charge in [0.1, 0.15) is 0 Å². The van der Waals surface area contributed by atoms with E-state index in [0.29, 0.717) is 0 Å². The number of nitrogens with one attached hydrogen (secondary N) is 2. The average molecular weight is 339 g/mol. The second-order valence-electron chi connectivity index (χ2n) is 7.09. The normalized spacial score (nSPS) is 14.3. The quantitative estimate of drug-likeness (QED) is 0.471. The van der Waals surface area contributed by atoms with Crippen LogP contribution in [-0.2, 0) is 12.8 Å². The SMILES string of the molecule is c1cc2cn[nH]c2cc1-c1nc2ccc3[nH]ncc3c2c2c1CCCC2. The summed E-state index contributed by atoms with van der Waals surface area (Å²) in [6, 6.07) is 10.6. The van der Waals surface area contributed by atoms with Gasteiger partial charge in [0, 0.05) is 21.7 Å². The Morgan fingerprint density at radius 1 is 0.808 bits per heavy atom. The van der Waals surface area contributed by atoms with E-state index in [-0.39, 0.29) is 0 Å². The molecule has 6 rings (SSSR count). The maximum Gasteiger partial charge on any atom is 0.0745 e. The molecule has 26 heavy (non-hydrogen) atoms. The predicted molar refractivity (Wildman–Crippen MR) is 103 cm³/mol. The molecular weight excluding hydrogens is 322 g/mol. The van der Waals surface area contributed by atoms with Gasteiger partial charge in [-0.3, -0.25) is 10.2 Å². The maximum absolute atomic E-state index is 5.10. The first-order valence-corrected chi connectivity index (χ1v) is 9.09. The summed E-state index contributed by atoms with van der Waals surface area (Å²) in [7, 11) is 0. The molecular formula is C21H17N5. The minimum atomic E-state index is 1.05. The molecule has 0 saturated heterocycles. The van der Waals surface area contributed by atoms with Crippen LogP contribution in [0.15, 0.2) is 42.7 Å². The van der Waals surface area contributed by atoms with Crippen LogP contribution in [-0.4, -0.2) is 25.4 Å². The van der Waals surface area contributed by atoms with E-state index in [0.717, 1.165) is 46.0 Å². The van der Waals surface area contributed by atoms with Crippen molar-refractivity contribution in [3.63, 3.8) is 0 Å². The van der Waals surface area contributed by atoms with Crippen LogP contribution in [0.5, 0.6) is 0 Å². The molecule has 0 bridgehead atoms. The number of rotatable bonds is 1. The molecule has 0 spiro atoms. The lowest BCUT2D eigenvalue weighted by atomic mass is 9.85. The first kappa shape index (κ1) is 14.0. The van der Waals surface area contributed by atoms with Gasteiger partial charge in [0.05, 0.1) is 34.6 Å². The third-order valence-electron chi connectivity index (χ3n) is 5.61. The molecule has 5 heteroatoms. The highest BCUT2D eigenvalue weighted by Gasteiger charge is 2.21. The minimum absolute atomic E-state index is 1.05. The first-order valence-electron chi connectivity index (χ1n) is 9.09. The van der Waals surface area contributed by atoms with Crippen LogP contribution < -0.4 is 0 Å². The summed E-state index contributed by atoms with van der Waals surface area (Å²) < 4.78 is 0. The molecule has 0 saturated carbocycles. The highest BCUT2D eigenvalue weighted by molar-refractivity contribution is 6.07. The van der Waals surface area contributed by atoms with Gasteiger partial charge >= 0.3 is 0 Å². The van der Waals surface area contributed by atoms with Crippen molar-refractivity contribution in [3.8, 4) is 11.3 Å². The van der Waals surface area contributed by atoms with Crippen molar-refractivity contribution in [3.05, 3.63) is 53.9 Å². The highest BCUT2D eigenvalue weighted by atomic mass is 15.1. The van der Waals surface area contributed by atoms with Crippen LogP contribution in [0, 0.1) is 0 Å². The van der Waals surface area contributed by atoms with Crippen molar-refractivity contribution in [2.24, 2.45) is 0 Å². The predicted octanol–water partition coefficient (Wildman–Crippen LogP) is 4.53. The molecule has 0 fully saturated rings. The van der Waals surface area contributed by atoms with Gasteiger partial charge < -0.3 is 0 Å². The van der Waals surface area contributed by atoms with Crippen molar-refractivity contribution in [1.29, 1.82) is 0 Å². The van der Waals surface area contributed by atoms with Crippen LogP contribution in [0.25, 0.3) is 44.0 Å². The lowest BCUT2D eigenvalue weighted by molar-refractivity contribution is 0.689. The van der Waals surface area contributed by atoms with Gasteiger partial charge in [-0.1, -0.05) is 12.1 Å². The lowest BCUT2D eigenvalue weighted by Crippen LogP contribution is -2.07. The fraction of sp³-hybridized carbons (Fsp3) is 0.190. The smallest absolute Gasteiger partial charge is 0.0745 e. The number of fused-ring (bicyclic) bond motifs is 6. The molecule has 0 atom stereocenters. The van der Waals surface area contributed by atoms with Crippen LogP contribution in [0.4, 0.5) is 0 Å². The zero-order valence-corrected chi connectivity index (χ0v) is 14.2. The van der Waals surface area contributed by atoms with Crippen molar-refractivity contribution in [2.45, 2.75) is 25.7 Å². The Kier molecular flexibility index (Phi) is 2.77. The van der Waals surface area contributed by atoms with Crippen LogP contribution >= 0.6 is 0 Å². The van der Waals surface area contributed by atoms with Crippen molar-refractivity contribution in [2.75, 3.05) is 0 Å². The molecule has 1 aliphatic carbocycles. The van der Waals surface area contributed by atoms with Crippen molar-refractivity contribution >= 4 is 32.7 Å². The maximum atomic E-state index is 5.10. The van der Waals surface area contributed by atoms with Gasteiger partial charge in [0.2, 0.25) is 0 Å².